The van der Waals surface area contributed by atoms with Crippen LogP contribution in [0.2, 0.25) is 0 Å². The van der Waals surface area contributed by atoms with Gasteiger partial charge in [0.1, 0.15) is 11.5 Å². The Kier molecular flexibility index (Phi) is 5.58. The van der Waals surface area contributed by atoms with Crippen molar-refractivity contribution in [1.82, 2.24) is 15.3 Å². The van der Waals surface area contributed by atoms with E-state index < -0.39 is 5.97 Å². The number of carbonyl (C=O) groups excluding carboxylic acids is 2. The van der Waals surface area contributed by atoms with Gasteiger partial charge in [0.2, 0.25) is 0 Å². The zero-order valence-corrected chi connectivity index (χ0v) is 17.3. The minimum Gasteiger partial charge on any atom is -0.462 e. The predicted molar refractivity (Wildman–Crippen MR) is 113 cm³/mol. The number of aromatic nitrogens is 2. The van der Waals surface area contributed by atoms with Crippen LogP contribution in [0.5, 0.6) is 0 Å². The fourth-order valence-electron chi connectivity index (χ4n) is 2.94. The lowest BCUT2D eigenvalue weighted by Crippen LogP contribution is -2.24. The zero-order chi connectivity index (χ0) is 21.1. The van der Waals surface area contributed by atoms with Crippen molar-refractivity contribution >= 4 is 33.4 Å². The van der Waals surface area contributed by atoms with E-state index in [9.17, 15) is 9.59 Å². The fraction of sp³-hybridized carbons (Fsp3) is 0.182. The van der Waals surface area contributed by atoms with E-state index in [0.717, 1.165) is 15.2 Å². The number of carbonyl (C=O) groups is 2. The number of amides is 1. The lowest BCUT2D eigenvalue weighted by molar-refractivity contribution is 0.0524. The first-order valence-electron chi connectivity index (χ1n) is 9.42. The Balaban J connectivity index is 1.42. The Morgan fingerprint density at radius 1 is 1.10 bits per heavy atom. The number of rotatable bonds is 6. The van der Waals surface area contributed by atoms with Crippen LogP contribution in [0.1, 0.15) is 39.2 Å². The number of ether oxygens (including phenoxy) is 1. The SMILES string of the molecule is CCOC(=O)c1ccc(C(=O)NCc2ccc(-c3nc4ccccc4s3)o2)nc1C. The molecule has 0 saturated carbocycles. The van der Waals surface area contributed by atoms with Crippen LogP contribution in [-0.2, 0) is 11.3 Å². The van der Waals surface area contributed by atoms with E-state index in [4.69, 9.17) is 9.15 Å². The molecule has 1 aromatic carbocycles. The highest BCUT2D eigenvalue weighted by molar-refractivity contribution is 7.21. The van der Waals surface area contributed by atoms with Crippen LogP contribution in [-0.4, -0.2) is 28.5 Å². The summed E-state index contributed by atoms with van der Waals surface area (Å²) in [6, 6.07) is 14.6. The summed E-state index contributed by atoms with van der Waals surface area (Å²) in [6.45, 7) is 3.89. The minimum atomic E-state index is -0.451. The lowest BCUT2D eigenvalue weighted by atomic mass is 10.2. The van der Waals surface area contributed by atoms with Crippen LogP contribution in [0.25, 0.3) is 21.0 Å². The molecule has 152 valence electrons. The number of thiazole rings is 1. The molecule has 7 nitrogen and oxygen atoms in total. The molecule has 4 rings (SSSR count). The molecule has 1 amide bonds. The molecule has 0 atom stereocenters. The maximum atomic E-state index is 12.4. The fourth-order valence-corrected chi connectivity index (χ4v) is 3.86. The summed E-state index contributed by atoms with van der Waals surface area (Å²) in [5.41, 5.74) is 1.94. The van der Waals surface area contributed by atoms with E-state index in [0.29, 0.717) is 22.8 Å². The van der Waals surface area contributed by atoms with Crippen molar-refractivity contribution < 1.29 is 18.7 Å². The Morgan fingerprint density at radius 2 is 1.93 bits per heavy atom. The summed E-state index contributed by atoms with van der Waals surface area (Å²) < 4.78 is 11.9. The largest absolute Gasteiger partial charge is 0.462 e. The number of para-hydroxylation sites is 1. The molecule has 0 saturated heterocycles. The van der Waals surface area contributed by atoms with E-state index in [1.165, 1.54) is 6.07 Å². The van der Waals surface area contributed by atoms with E-state index in [2.05, 4.69) is 15.3 Å². The van der Waals surface area contributed by atoms with Gasteiger partial charge >= 0.3 is 5.97 Å². The second-order valence-corrected chi connectivity index (χ2v) is 7.52. The maximum Gasteiger partial charge on any atom is 0.339 e. The van der Waals surface area contributed by atoms with Gasteiger partial charge in [0.05, 0.1) is 34.6 Å². The molecule has 0 radical (unpaired) electrons. The summed E-state index contributed by atoms with van der Waals surface area (Å²) in [7, 11) is 0. The van der Waals surface area contributed by atoms with E-state index in [1.807, 2.05) is 36.4 Å². The summed E-state index contributed by atoms with van der Waals surface area (Å²) in [6.07, 6.45) is 0. The third kappa shape index (κ3) is 4.08. The van der Waals surface area contributed by atoms with E-state index in [-0.39, 0.29) is 24.8 Å². The van der Waals surface area contributed by atoms with E-state index >= 15 is 0 Å². The molecule has 30 heavy (non-hydrogen) atoms. The molecule has 0 aliphatic carbocycles. The smallest absolute Gasteiger partial charge is 0.339 e. The summed E-state index contributed by atoms with van der Waals surface area (Å²) in [5, 5.41) is 3.57. The summed E-state index contributed by atoms with van der Waals surface area (Å²) in [5.74, 6) is 0.463. The number of nitrogens with zero attached hydrogens (tertiary/aromatic N) is 2. The van der Waals surface area contributed by atoms with Crippen LogP contribution < -0.4 is 5.32 Å². The van der Waals surface area contributed by atoms with Gasteiger partial charge in [0.25, 0.3) is 5.91 Å². The Bertz CT molecular complexity index is 1200. The number of nitrogens with one attached hydrogen (secondary N) is 1. The summed E-state index contributed by atoms with van der Waals surface area (Å²) in [4.78, 5) is 33.1. The zero-order valence-electron chi connectivity index (χ0n) is 16.5. The molecule has 0 bridgehead atoms. The Labute approximate surface area is 176 Å². The number of hydrogen-bond acceptors (Lipinski definition) is 7. The Hall–Kier alpha value is -3.52. The van der Waals surface area contributed by atoms with Crippen LogP contribution >= 0.6 is 11.3 Å². The van der Waals surface area contributed by atoms with Gasteiger partial charge in [-0.2, -0.15) is 0 Å². The normalized spacial score (nSPS) is 10.9. The minimum absolute atomic E-state index is 0.212. The van der Waals surface area contributed by atoms with Crippen molar-refractivity contribution in [2.45, 2.75) is 20.4 Å². The van der Waals surface area contributed by atoms with Crippen molar-refractivity contribution in [3.05, 3.63) is 71.2 Å². The monoisotopic (exact) mass is 421 g/mol. The van der Waals surface area contributed by atoms with Gasteiger partial charge in [0.15, 0.2) is 10.8 Å². The van der Waals surface area contributed by atoms with Crippen molar-refractivity contribution in [2.75, 3.05) is 6.61 Å². The first kappa shape index (κ1) is 19.8. The number of hydrogen-bond donors (Lipinski definition) is 1. The van der Waals surface area contributed by atoms with Crippen molar-refractivity contribution in [1.29, 1.82) is 0 Å². The van der Waals surface area contributed by atoms with Gasteiger partial charge in [-0.1, -0.05) is 12.1 Å². The molecule has 8 heteroatoms. The standard InChI is InChI=1S/C22H19N3O4S/c1-3-28-22(27)15-9-10-17(24-13(15)2)20(26)23-12-14-8-11-18(29-14)21-25-16-6-4-5-7-19(16)30-21/h4-11H,3,12H2,1-2H3,(H,23,26). The molecule has 3 aromatic heterocycles. The Morgan fingerprint density at radius 3 is 2.70 bits per heavy atom. The number of furan rings is 1. The topological polar surface area (TPSA) is 94.3 Å². The van der Waals surface area contributed by atoms with Crippen molar-refractivity contribution in [3.8, 4) is 10.8 Å². The van der Waals surface area contributed by atoms with E-state index in [1.54, 1.807) is 31.3 Å². The van der Waals surface area contributed by atoms with Gasteiger partial charge in [-0.25, -0.2) is 14.8 Å². The molecular weight excluding hydrogens is 402 g/mol. The molecule has 1 N–H and O–H groups in total. The van der Waals surface area contributed by atoms with Crippen molar-refractivity contribution in [3.63, 3.8) is 0 Å². The molecule has 0 fully saturated rings. The van der Waals surface area contributed by atoms with Crippen LogP contribution in [0.15, 0.2) is 52.9 Å². The van der Waals surface area contributed by atoms with Crippen LogP contribution in [0, 0.1) is 6.92 Å². The third-order valence-corrected chi connectivity index (χ3v) is 5.45. The average molecular weight is 421 g/mol. The van der Waals surface area contributed by atoms with Gasteiger partial charge in [-0.05, 0) is 50.2 Å². The first-order chi connectivity index (χ1) is 14.5. The summed E-state index contributed by atoms with van der Waals surface area (Å²) >= 11 is 1.55. The molecule has 0 aliphatic heterocycles. The number of aryl methyl sites for hydroxylation is 1. The highest BCUT2D eigenvalue weighted by Gasteiger charge is 2.16. The molecule has 0 aliphatic rings. The second kappa shape index (κ2) is 8.46. The van der Waals surface area contributed by atoms with Gasteiger partial charge < -0.3 is 14.5 Å². The highest BCUT2D eigenvalue weighted by Crippen LogP contribution is 2.31. The predicted octanol–water partition coefficient (Wildman–Crippen LogP) is 4.37. The first-order valence-corrected chi connectivity index (χ1v) is 10.2. The third-order valence-electron chi connectivity index (χ3n) is 4.40. The van der Waals surface area contributed by atoms with Gasteiger partial charge in [-0.15, -0.1) is 11.3 Å². The molecule has 0 spiro atoms. The molecule has 0 unspecified atom stereocenters. The van der Waals surface area contributed by atoms with Gasteiger partial charge in [0, 0.05) is 0 Å². The number of esters is 1. The van der Waals surface area contributed by atoms with Crippen LogP contribution in [0.3, 0.4) is 0 Å². The number of fused-ring (bicyclic) bond motifs is 1. The average Bonchev–Trinajstić information content (AvgIpc) is 3.38. The van der Waals surface area contributed by atoms with Gasteiger partial charge in [-0.3, -0.25) is 4.79 Å². The lowest BCUT2D eigenvalue weighted by Gasteiger charge is -2.07. The quantitative estimate of drug-likeness (QED) is 0.465. The van der Waals surface area contributed by atoms with Crippen molar-refractivity contribution in [2.24, 2.45) is 0 Å². The number of pyridine rings is 1. The number of benzene rings is 1. The molecule has 4 aromatic rings. The molecule has 3 heterocycles. The maximum absolute atomic E-state index is 12.4. The second-order valence-electron chi connectivity index (χ2n) is 6.49. The molecular formula is C22H19N3O4S. The highest BCUT2D eigenvalue weighted by atomic mass is 32.1. The van der Waals surface area contributed by atoms with Crippen LogP contribution in [0.4, 0.5) is 0 Å².